The van der Waals surface area contributed by atoms with Crippen LogP contribution >= 0.6 is 11.8 Å². The standard InChI is InChI=1S/C17H18N2O2S/c1-13-5-3-4-6-16(13)21-12-17(20)19-18-11-14-7-9-15(22-2)10-8-14/h3-11H,12H2,1-2H3,(H,19,20)/b18-11+. The van der Waals surface area contributed by atoms with Crippen molar-refractivity contribution < 1.29 is 9.53 Å². The Labute approximate surface area is 134 Å². The Hall–Kier alpha value is -2.27. The first kappa shape index (κ1) is 16.1. The number of para-hydroxylation sites is 1. The summed E-state index contributed by atoms with van der Waals surface area (Å²) in [6, 6.07) is 15.5. The molecule has 1 amide bonds. The molecule has 0 aliphatic heterocycles. The highest BCUT2D eigenvalue weighted by Gasteiger charge is 2.02. The zero-order chi connectivity index (χ0) is 15.8. The predicted octanol–water partition coefficient (Wildman–Crippen LogP) is 3.25. The van der Waals surface area contributed by atoms with E-state index in [2.05, 4.69) is 10.5 Å². The van der Waals surface area contributed by atoms with E-state index in [9.17, 15) is 4.79 Å². The number of benzene rings is 2. The summed E-state index contributed by atoms with van der Waals surface area (Å²) in [5, 5.41) is 3.92. The summed E-state index contributed by atoms with van der Waals surface area (Å²) in [7, 11) is 0. The molecule has 4 nitrogen and oxygen atoms in total. The van der Waals surface area contributed by atoms with Crippen molar-refractivity contribution >= 4 is 23.9 Å². The number of thioether (sulfide) groups is 1. The molecule has 0 unspecified atom stereocenters. The Morgan fingerprint density at radius 1 is 1.23 bits per heavy atom. The smallest absolute Gasteiger partial charge is 0.277 e. The fraction of sp³-hybridized carbons (Fsp3) is 0.176. The molecule has 2 aromatic rings. The number of nitrogens with zero attached hydrogens (tertiary/aromatic N) is 1. The van der Waals surface area contributed by atoms with Gasteiger partial charge in [-0.3, -0.25) is 4.79 Å². The Morgan fingerprint density at radius 2 is 1.95 bits per heavy atom. The molecule has 1 N–H and O–H groups in total. The SMILES string of the molecule is CSc1ccc(/C=N/NC(=O)COc2ccccc2C)cc1. The Balaban J connectivity index is 1.79. The molecule has 0 aliphatic carbocycles. The Morgan fingerprint density at radius 3 is 2.64 bits per heavy atom. The van der Waals surface area contributed by atoms with Crippen LogP contribution in [0.25, 0.3) is 0 Å². The van der Waals surface area contributed by atoms with Gasteiger partial charge in [-0.25, -0.2) is 5.43 Å². The number of hydrogen-bond acceptors (Lipinski definition) is 4. The molecule has 0 spiro atoms. The van der Waals surface area contributed by atoms with Crippen LogP contribution in [0.4, 0.5) is 0 Å². The maximum absolute atomic E-state index is 11.7. The fourth-order valence-electron chi connectivity index (χ4n) is 1.76. The van der Waals surface area contributed by atoms with E-state index in [1.165, 1.54) is 4.90 Å². The molecule has 0 aromatic heterocycles. The molecule has 0 bridgehead atoms. The monoisotopic (exact) mass is 314 g/mol. The quantitative estimate of drug-likeness (QED) is 0.506. The lowest BCUT2D eigenvalue weighted by molar-refractivity contribution is -0.123. The lowest BCUT2D eigenvalue weighted by atomic mass is 10.2. The molecular weight excluding hydrogens is 296 g/mol. The van der Waals surface area contributed by atoms with Gasteiger partial charge in [-0.15, -0.1) is 11.8 Å². The molecule has 2 rings (SSSR count). The molecular formula is C17H18N2O2S. The molecule has 0 fully saturated rings. The Kier molecular flexibility index (Phi) is 6.03. The van der Waals surface area contributed by atoms with Crippen molar-refractivity contribution in [3.05, 3.63) is 59.7 Å². The van der Waals surface area contributed by atoms with E-state index in [0.29, 0.717) is 5.75 Å². The third-order valence-corrected chi connectivity index (χ3v) is 3.71. The summed E-state index contributed by atoms with van der Waals surface area (Å²) in [5.41, 5.74) is 4.37. The van der Waals surface area contributed by atoms with Crippen LogP contribution in [0.2, 0.25) is 0 Å². The van der Waals surface area contributed by atoms with Crippen molar-refractivity contribution in [2.45, 2.75) is 11.8 Å². The van der Waals surface area contributed by atoms with E-state index in [1.807, 2.05) is 61.7 Å². The lowest BCUT2D eigenvalue weighted by Gasteiger charge is -2.07. The number of nitrogens with one attached hydrogen (secondary N) is 1. The van der Waals surface area contributed by atoms with Gasteiger partial charge in [-0.1, -0.05) is 30.3 Å². The van der Waals surface area contributed by atoms with Gasteiger partial charge < -0.3 is 4.74 Å². The average Bonchev–Trinajstić information content (AvgIpc) is 2.55. The summed E-state index contributed by atoms with van der Waals surface area (Å²) in [6.07, 6.45) is 3.63. The second-order valence-electron chi connectivity index (χ2n) is 4.62. The van der Waals surface area contributed by atoms with Crippen LogP contribution in [0.15, 0.2) is 58.5 Å². The predicted molar refractivity (Wildman–Crippen MR) is 90.6 cm³/mol. The van der Waals surface area contributed by atoms with Crippen LogP contribution in [0.5, 0.6) is 5.75 Å². The highest BCUT2D eigenvalue weighted by atomic mass is 32.2. The van der Waals surface area contributed by atoms with E-state index in [-0.39, 0.29) is 12.5 Å². The first-order chi connectivity index (χ1) is 10.7. The fourth-order valence-corrected chi connectivity index (χ4v) is 2.17. The number of hydrogen-bond donors (Lipinski definition) is 1. The first-order valence-electron chi connectivity index (χ1n) is 6.83. The number of aryl methyl sites for hydroxylation is 1. The topological polar surface area (TPSA) is 50.7 Å². The number of amides is 1. The molecule has 114 valence electrons. The maximum atomic E-state index is 11.7. The van der Waals surface area contributed by atoms with Crippen LogP contribution in [0.3, 0.4) is 0 Å². The molecule has 0 saturated carbocycles. The number of hydrazone groups is 1. The van der Waals surface area contributed by atoms with E-state index in [1.54, 1.807) is 18.0 Å². The van der Waals surface area contributed by atoms with Gasteiger partial charge in [-0.05, 0) is 42.5 Å². The number of carbonyl (C=O) groups is 1. The Bertz CT molecular complexity index is 654. The summed E-state index contributed by atoms with van der Waals surface area (Å²) in [5.74, 6) is 0.412. The normalized spacial score (nSPS) is 10.6. The summed E-state index contributed by atoms with van der Waals surface area (Å²) in [6.45, 7) is 1.87. The highest BCUT2D eigenvalue weighted by molar-refractivity contribution is 7.98. The third kappa shape index (κ3) is 4.93. The number of ether oxygens (including phenoxy) is 1. The van der Waals surface area contributed by atoms with Crippen LogP contribution in [-0.4, -0.2) is 25.0 Å². The van der Waals surface area contributed by atoms with Crippen LogP contribution in [0, 0.1) is 6.92 Å². The second-order valence-corrected chi connectivity index (χ2v) is 5.50. The number of carbonyl (C=O) groups excluding carboxylic acids is 1. The largest absolute Gasteiger partial charge is 0.483 e. The van der Waals surface area contributed by atoms with Gasteiger partial charge in [0.15, 0.2) is 6.61 Å². The van der Waals surface area contributed by atoms with E-state index in [4.69, 9.17) is 4.74 Å². The van der Waals surface area contributed by atoms with Crippen LogP contribution in [-0.2, 0) is 4.79 Å². The highest BCUT2D eigenvalue weighted by Crippen LogP contribution is 2.15. The van der Waals surface area contributed by atoms with Crippen molar-refractivity contribution in [3.8, 4) is 5.75 Å². The maximum Gasteiger partial charge on any atom is 0.277 e. The van der Waals surface area contributed by atoms with E-state index < -0.39 is 0 Å². The minimum Gasteiger partial charge on any atom is -0.483 e. The summed E-state index contributed by atoms with van der Waals surface area (Å²) < 4.78 is 5.44. The van der Waals surface area contributed by atoms with E-state index in [0.717, 1.165) is 11.1 Å². The zero-order valence-electron chi connectivity index (χ0n) is 12.6. The minimum atomic E-state index is -0.291. The molecule has 0 saturated heterocycles. The minimum absolute atomic E-state index is 0.0619. The van der Waals surface area contributed by atoms with Crippen molar-refractivity contribution in [2.24, 2.45) is 5.10 Å². The van der Waals surface area contributed by atoms with Crippen molar-refractivity contribution in [3.63, 3.8) is 0 Å². The van der Waals surface area contributed by atoms with Gasteiger partial charge in [0.25, 0.3) is 5.91 Å². The van der Waals surface area contributed by atoms with Crippen LogP contribution in [0.1, 0.15) is 11.1 Å². The molecule has 0 radical (unpaired) electrons. The van der Waals surface area contributed by atoms with Crippen molar-refractivity contribution in [1.29, 1.82) is 0 Å². The zero-order valence-corrected chi connectivity index (χ0v) is 13.4. The van der Waals surface area contributed by atoms with E-state index >= 15 is 0 Å². The van der Waals surface area contributed by atoms with Gasteiger partial charge in [0.1, 0.15) is 5.75 Å². The number of rotatable bonds is 6. The van der Waals surface area contributed by atoms with Gasteiger partial charge >= 0.3 is 0 Å². The first-order valence-corrected chi connectivity index (χ1v) is 8.06. The van der Waals surface area contributed by atoms with Gasteiger partial charge in [-0.2, -0.15) is 5.10 Å². The molecule has 2 aromatic carbocycles. The summed E-state index contributed by atoms with van der Waals surface area (Å²) in [4.78, 5) is 12.9. The third-order valence-electron chi connectivity index (χ3n) is 2.97. The van der Waals surface area contributed by atoms with Crippen molar-refractivity contribution in [2.75, 3.05) is 12.9 Å². The molecule has 22 heavy (non-hydrogen) atoms. The molecule has 0 atom stereocenters. The molecule has 0 heterocycles. The van der Waals surface area contributed by atoms with Gasteiger partial charge in [0.05, 0.1) is 6.21 Å². The second kappa shape index (κ2) is 8.24. The van der Waals surface area contributed by atoms with Gasteiger partial charge in [0, 0.05) is 4.90 Å². The summed E-state index contributed by atoms with van der Waals surface area (Å²) >= 11 is 1.68. The lowest BCUT2D eigenvalue weighted by Crippen LogP contribution is -2.24. The van der Waals surface area contributed by atoms with Crippen LogP contribution < -0.4 is 10.2 Å². The van der Waals surface area contributed by atoms with Gasteiger partial charge in [0.2, 0.25) is 0 Å². The average molecular weight is 314 g/mol. The molecule has 5 heteroatoms. The molecule has 0 aliphatic rings. The van der Waals surface area contributed by atoms with Crippen molar-refractivity contribution in [1.82, 2.24) is 5.43 Å².